The lowest BCUT2D eigenvalue weighted by Gasteiger charge is -2.11. The molecule has 0 saturated carbocycles. The Bertz CT molecular complexity index is 1190. The number of amides is 1. The summed E-state index contributed by atoms with van der Waals surface area (Å²) in [6.07, 6.45) is -1.84. The van der Waals surface area contributed by atoms with Crippen LogP contribution in [0.1, 0.15) is 15.9 Å². The second-order valence-electron chi connectivity index (χ2n) is 6.40. The number of hydrogen-bond acceptors (Lipinski definition) is 7. The summed E-state index contributed by atoms with van der Waals surface area (Å²) in [7, 11) is 0. The first-order chi connectivity index (χ1) is 15.6. The van der Waals surface area contributed by atoms with Crippen molar-refractivity contribution in [2.45, 2.75) is 6.18 Å². The van der Waals surface area contributed by atoms with E-state index in [0.717, 1.165) is 6.07 Å². The van der Waals surface area contributed by atoms with Gasteiger partial charge in [0, 0.05) is 12.3 Å². The van der Waals surface area contributed by atoms with Gasteiger partial charge in [-0.25, -0.2) is 4.79 Å². The lowest BCUT2D eigenvalue weighted by atomic mass is 10.1. The summed E-state index contributed by atoms with van der Waals surface area (Å²) >= 11 is 0. The molecule has 9 nitrogen and oxygen atoms in total. The maximum atomic E-state index is 12.8. The highest BCUT2D eigenvalue weighted by molar-refractivity contribution is 5.97. The summed E-state index contributed by atoms with van der Waals surface area (Å²) in [6, 6.07) is 10.9. The van der Waals surface area contributed by atoms with E-state index in [0.29, 0.717) is 17.9 Å². The van der Waals surface area contributed by atoms with Crippen LogP contribution in [0.5, 0.6) is 11.5 Å². The van der Waals surface area contributed by atoms with Crippen LogP contribution in [-0.2, 0) is 15.7 Å². The van der Waals surface area contributed by atoms with Crippen LogP contribution in [-0.4, -0.2) is 28.4 Å². The predicted molar refractivity (Wildman–Crippen MR) is 108 cm³/mol. The van der Waals surface area contributed by atoms with E-state index in [1.165, 1.54) is 24.5 Å². The quantitative estimate of drug-likeness (QED) is 0.310. The first-order valence-electron chi connectivity index (χ1n) is 9.14. The number of esters is 1. The molecule has 2 aromatic carbocycles. The zero-order chi connectivity index (χ0) is 24.0. The van der Waals surface area contributed by atoms with Gasteiger partial charge in [0.25, 0.3) is 11.6 Å². The van der Waals surface area contributed by atoms with Crippen LogP contribution in [0.25, 0.3) is 0 Å². The number of para-hydroxylation sites is 1. The van der Waals surface area contributed by atoms with E-state index < -0.39 is 46.5 Å². The summed E-state index contributed by atoms with van der Waals surface area (Å²) in [6.45, 7) is -0.849. The van der Waals surface area contributed by atoms with Crippen LogP contribution >= 0.6 is 0 Å². The van der Waals surface area contributed by atoms with E-state index in [-0.39, 0.29) is 11.3 Å². The Labute approximate surface area is 183 Å². The average Bonchev–Trinajstić information content (AvgIpc) is 2.78. The number of alkyl halides is 3. The molecule has 170 valence electrons. The summed E-state index contributed by atoms with van der Waals surface area (Å²) in [5.41, 5.74) is -2.69. The number of nitrogens with zero attached hydrogens (tertiary/aromatic N) is 2. The Morgan fingerprint density at radius 2 is 1.85 bits per heavy atom. The summed E-state index contributed by atoms with van der Waals surface area (Å²) in [5, 5.41) is 13.2. The highest BCUT2D eigenvalue weighted by atomic mass is 19.4. The van der Waals surface area contributed by atoms with E-state index >= 15 is 0 Å². The normalized spacial score (nSPS) is 10.9. The molecular weight excluding hydrogens is 447 g/mol. The third-order valence-corrected chi connectivity index (χ3v) is 4.10. The van der Waals surface area contributed by atoms with Gasteiger partial charge in [-0.15, -0.1) is 0 Å². The molecule has 0 aliphatic carbocycles. The van der Waals surface area contributed by atoms with Gasteiger partial charge in [0.05, 0.1) is 16.7 Å². The zero-order valence-corrected chi connectivity index (χ0v) is 16.5. The monoisotopic (exact) mass is 461 g/mol. The Kier molecular flexibility index (Phi) is 6.86. The number of carbonyl (C=O) groups is 2. The minimum absolute atomic E-state index is 0.00494. The molecule has 33 heavy (non-hydrogen) atoms. The first kappa shape index (κ1) is 23.2. The molecule has 1 aromatic heterocycles. The predicted octanol–water partition coefficient (Wildman–Crippen LogP) is 4.60. The van der Waals surface area contributed by atoms with Crippen molar-refractivity contribution in [3.63, 3.8) is 0 Å². The number of nitro benzene ring substituents is 1. The van der Waals surface area contributed by atoms with E-state index in [2.05, 4.69) is 10.3 Å². The Hall–Kier alpha value is -4.48. The van der Waals surface area contributed by atoms with E-state index in [1.54, 1.807) is 24.3 Å². The largest absolute Gasteiger partial charge is 0.455 e. The van der Waals surface area contributed by atoms with Crippen LogP contribution in [0.3, 0.4) is 0 Å². The summed E-state index contributed by atoms with van der Waals surface area (Å²) in [5.74, 6) is -1.43. The number of benzene rings is 2. The number of halogens is 3. The van der Waals surface area contributed by atoms with Crippen molar-refractivity contribution < 1.29 is 37.2 Å². The Morgan fingerprint density at radius 3 is 2.52 bits per heavy atom. The third kappa shape index (κ3) is 6.03. The SMILES string of the molecule is O=C(COC(=O)c1ccccc1Oc1cccnc1)Nc1ccc(C(F)(F)F)cc1[N+](=O)[O-]. The second-order valence-corrected chi connectivity index (χ2v) is 6.40. The molecule has 0 unspecified atom stereocenters. The van der Waals surface area contributed by atoms with Crippen LogP contribution in [0.15, 0.2) is 67.0 Å². The second kappa shape index (κ2) is 9.77. The molecule has 0 saturated heterocycles. The molecular formula is C21H14F3N3O6. The standard InChI is InChI=1S/C21H14F3N3O6/c22-21(23,24)13-7-8-16(17(10-13)27(30)31)26-19(28)12-32-20(29)15-5-1-2-6-18(15)33-14-4-3-9-25-11-14/h1-11H,12H2,(H,26,28). The molecule has 1 N–H and O–H groups in total. The van der Waals surface area contributed by atoms with Gasteiger partial charge in [0.15, 0.2) is 6.61 Å². The van der Waals surface area contributed by atoms with Crippen molar-refractivity contribution in [3.8, 4) is 11.5 Å². The number of anilines is 1. The molecule has 0 aliphatic heterocycles. The van der Waals surface area contributed by atoms with Crippen LogP contribution in [0.2, 0.25) is 0 Å². The third-order valence-electron chi connectivity index (χ3n) is 4.10. The molecule has 0 atom stereocenters. The first-order valence-corrected chi connectivity index (χ1v) is 9.14. The maximum absolute atomic E-state index is 12.8. The number of carbonyl (C=O) groups excluding carboxylic acids is 2. The number of nitrogens with one attached hydrogen (secondary N) is 1. The fourth-order valence-corrected chi connectivity index (χ4v) is 2.62. The molecule has 3 aromatic rings. The lowest BCUT2D eigenvalue weighted by molar-refractivity contribution is -0.384. The van der Waals surface area contributed by atoms with E-state index in [1.807, 2.05) is 0 Å². The van der Waals surface area contributed by atoms with Gasteiger partial charge in [-0.1, -0.05) is 12.1 Å². The summed E-state index contributed by atoms with van der Waals surface area (Å²) < 4.78 is 48.9. The molecule has 0 fully saturated rings. The number of pyridine rings is 1. The molecule has 0 aliphatic rings. The molecule has 1 amide bonds. The number of hydrogen-bond donors (Lipinski definition) is 1. The smallest absolute Gasteiger partial charge is 0.416 e. The zero-order valence-electron chi connectivity index (χ0n) is 16.5. The number of nitro groups is 1. The van der Waals surface area contributed by atoms with Gasteiger partial charge in [0.1, 0.15) is 22.7 Å². The summed E-state index contributed by atoms with van der Waals surface area (Å²) in [4.78, 5) is 38.4. The van der Waals surface area contributed by atoms with Gasteiger partial charge >= 0.3 is 12.1 Å². The topological polar surface area (TPSA) is 121 Å². The number of rotatable bonds is 7. The van der Waals surface area contributed by atoms with Gasteiger partial charge in [0.2, 0.25) is 0 Å². The fraction of sp³-hybridized carbons (Fsp3) is 0.0952. The van der Waals surface area contributed by atoms with Crippen LogP contribution in [0, 0.1) is 10.1 Å². The lowest BCUT2D eigenvalue weighted by Crippen LogP contribution is -2.21. The minimum atomic E-state index is -4.80. The molecule has 3 rings (SSSR count). The van der Waals surface area contributed by atoms with Gasteiger partial charge in [-0.05, 0) is 36.4 Å². The van der Waals surface area contributed by atoms with Gasteiger partial charge in [-0.2, -0.15) is 13.2 Å². The van der Waals surface area contributed by atoms with Crippen molar-refractivity contribution in [1.29, 1.82) is 0 Å². The van der Waals surface area contributed by atoms with E-state index in [4.69, 9.17) is 9.47 Å². The van der Waals surface area contributed by atoms with Crippen molar-refractivity contribution >= 4 is 23.3 Å². The van der Waals surface area contributed by atoms with Gasteiger partial charge in [-0.3, -0.25) is 19.9 Å². The maximum Gasteiger partial charge on any atom is 0.416 e. The molecule has 12 heteroatoms. The average molecular weight is 461 g/mol. The minimum Gasteiger partial charge on any atom is -0.455 e. The van der Waals surface area contributed by atoms with E-state index in [9.17, 15) is 32.9 Å². The molecule has 0 spiro atoms. The number of ether oxygens (including phenoxy) is 2. The van der Waals surface area contributed by atoms with Crippen molar-refractivity contribution in [2.75, 3.05) is 11.9 Å². The van der Waals surface area contributed by atoms with Crippen molar-refractivity contribution in [3.05, 3.63) is 88.2 Å². The molecule has 0 radical (unpaired) electrons. The van der Waals surface area contributed by atoms with Crippen LogP contribution < -0.4 is 10.1 Å². The molecule has 0 bridgehead atoms. The van der Waals surface area contributed by atoms with Crippen molar-refractivity contribution in [1.82, 2.24) is 4.98 Å². The van der Waals surface area contributed by atoms with Crippen molar-refractivity contribution in [2.24, 2.45) is 0 Å². The fourth-order valence-electron chi connectivity index (χ4n) is 2.62. The Morgan fingerprint density at radius 1 is 1.09 bits per heavy atom. The highest BCUT2D eigenvalue weighted by Crippen LogP contribution is 2.35. The van der Waals surface area contributed by atoms with Crippen LogP contribution in [0.4, 0.5) is 24.5 Å². The number of aromatic nitrogens is 1. The highest BCUT2D eigenvalue weighted by Gasteiger charge is 2.33. The molecule has 1 heterocycles. The van der Waals surface area contributed by atoms with Gasteiger partial charge < -0.3 is 14.8 Å². The Balaban J connectivity index is 1.67.